The predicted molar refractivity (Wildman–Crippen MR) is 129 cm³/mol. The molecule has 0 spiro atoms. The molecule has 1 saturated heterocycles. The number of hydrogen-bond donors (Lipinski definition) is 3. The molecule has 1 aliphatic heterocycles. The number of β-amino-alcohol motifs (C(OH)–C–C–N with tert-alkyl or cyclic N) is 1. The van der Waals surface area contributed by atoms with E-state index in [2.05, 4.69) is 5.32 Å². The Balaban J connectivity index is 1.45. The minimum Gasteiger partial charge on any atom is -0.480 e. The van der Waals surface area contributed by atoms with Crippen molar-refractivity contribution in [3.63, 3.8) is 0 Å². The molecule has 0 aromatic heterocycles. The summed E-state index contributed by atoms with van der Waals surface area (Å²) in [6.45, 7) is 0.517. The van der Waals surface area contributed by atoms with E-state index in [1.807, 2.05) is 67.5 Å². The molecule has 2 aliphatic rings. The van der Waals surface area contributed by atoms with Crippen LogP contribution in [0.15, 0.2) is 48.5 Å². The molecular formula is C26H31N3O6. The smallest absolute Gasteiger partial charge is 0.407 e. The van der Waals surface area contributed by atoms with Crippen molar-refractivity contribution in [2.24, 2.45) is 0 Å². The summed E-state index contributed by atoms with van der Waals surface area (Å²) in [5.41, 5.74) is 4.39. The van der Waals surface area contributed by atoms with Crippen molar-refractivity contribution in [3.8, 4) is 11.1 Å². The zero-order valence-electron chi connectivity index (χ0n) is 19.9. The van der Waals surface area contributed by atoms with Gasteiger partial charge in [0.25, 0.3) is 0 Å². The van der Waals surface area contributed by atoms with Gasteiger partial charge in [-0.15, -0.1) is 0 Å². The van der Waals surface area contributed by atoms with E-state index in [0.717, 1.165) is 27.2 Å². The van der Waals surface area contributed by atoms with Crippen molar-refractivity contribution in [2.45, 2.75) is 36.9 Å². The number of aliphatic carboxylic acids is 1. The van der Waals surface area contributed by atoms with Crippen molar-refractivity contribution in [2.75, 3.05) is 33.8 Å². The molecule has 0 bridgehead atoms. The van der Waals surface area contributed by atoms with Gasteiger partial charge in [-0.05, 0) is 49.3 Å². The van der Waals surface area contributed by atoms with E-state index in [4.69, 9.17) is 4.74 Å². The topological polar surface area (TPSA) is 119 Å². The number of fused-ring (bicyclic) bond motifs is 3. The number of likely N-dealkylation sites (tertiary alicyclic amines) is 1. The molecule has 2 aromatic rings. The third-order valence-corrected chi connectivity index (χ3v) is 6.65. The summed E-state index contributed by atoms with van der Waals surface area (Å²) in [5, 5.41) is 22.1. The van der Waals surface area contributed by atoms with Gasteiger partial charge >= 0.3 is 12.1 Å². The Hall–Kier alpha value is -3.43. The van der Waals surface area contributed by atoms with E-state index < -0.39 is 36.2 Å². The predicted octanol–water partition coefficient (Wildman–Crippen LogP) is 1.89. The fraction of sp³-hybridized carbons (Fsp3) is 0.423. The van der Waals surface area contributed by atoms with E-state index in [9.17, 15) is 24.6 Å². The summed E-state index contributed by atoms with van der Waals surface area (Å²) in [7, 11) is 3.68. The van der Waals surface area contributed by atoms with Crippen LogP contribution in [-0.2, 0) is 14.3 Å². The molecular weight excluding hydrogens is 450 g/mol. The number of nitrogens with one attached hydrogen (secondary N) is 1. The van der Waals surface area contributed by atoms with Crippen LogP contribution in [0.5, 0.6) is 0 Å². The number of carbonyl (C=O) groups excluding carboxylic acids is 2. The Kier molecular flexibility index (Phi) is 7.37. The summed E-state index contributed by atoms with van der Waals surface area (Å²) < 4.78 is 5.59. The molecule has 3 atom stereocenters. The summed E-state index contributed by atoms with van der Waals surface area (Å²) in [4.78, 5) is 40.6. The van der Waals surface area contributed by atoms with Crippen LogP contribution in [0.1, 0.15) is 29.9 Å². The summed E-state index contributed by atoms with van der Waals surface area (Å²) >= 11 is 0. The number of carboxylic acids is 1. The lowest BCUT2D eigenvalue weighted by Crippen LogP contribution is -2.52. The largest absolute Gasteiger partial charge is 0.480 e. The molecule has 2 amide bonds. The maximum Gasteiger partial charge on any atom is 0.407 e. The molecule has 9 nitrogen and oxygen atoms in total. The van der Waals surface area contributed by atoms with Crippen molar-refractivity contribution < 1.29 is 29.3 Å². The molecule has 4 rings (SSSR count). The third-order valence-electron chi connectivity index (χ3n) is 6.65. The molecule has 1 heterocycles. The second-order valence-electron chi connectivity index (χ2n) is 9.35. The zero-order chi connectivity index (χ0) is 25.1. The van der Waals surface area contributed by atoms with Gasteiger partial charge in [0.1, 0.15) is 18.7 Å². The second-order valence-corrected chi connectivity index (χ2v) is 9.35. The van der Waals surface area contributed by atoms with Gasteiger partial charge in [-0.2, -0.15) is 0 Å². The molecule has 0 radical (unpaired) electrons. The Morgan fingerprint density at radius 2 is 1.69 bits per heavy atom. The molecule has 2 aromatic carbocycles. The number of aliphatic hydroxyl groups is 1. The van der Waals surface area contributed by atoms with E-state index in [1.54, 1.807) is 0 Å². The average molecular weight is 482 g/mol. The van der Waals surface area contributed by atoms with Gasteiger partial charge in [0.05, 0.1) is 6.10 Å². The quantitative estimate of drug-likeness (QED) is 0.527. The first-order valence-electron chi connectivity index (χ1n) is 11.7. The first-order chi connectivity index (χ1) is 16.8. The maximum absolute atomic E-state index is 13.2. The van der Waals surface area contributed by atoms with Crippen molar-refractivity contribution in [1.29, 1.82) is 0 Å². The number of nitrogens with zero attached hydrogens (tertiary/aromatic N) is 2. The lowest BCUT2D eigenvalue weighted by Gasteiger charge is -2.28. The number of aliphatic hydroxyl groups excluding tert-OH is 1. The first kappa shape index (κ1) is 24.7. The van der Waals surface area contributed by atoms with Crippen molar-refractivity contribution >= 4 is 18.0 Å². The molecule has 186 valence electrons. The Labute approximate surface area is 204 Å². The molecule has 2 unspecified atom stereocenters. The number of ether oxygens (including phenoxy) is 1. The number of benzene rings is 2. The SMILES string of the molecule is CN(C)CCC(NC(=O)OCC1c2ccccc2-c2ccccc21)C(=O)N1CC(O)C[C@H]1C(=O)O. The monoisotopic (exact) mass is 481 g/mol. The average Bonchev–Trinajstić information content (AvgIpc) is 3.38. The van der Waals surface area contributed by atoms with Gasteiger partial charge in [0.2, 0.25) is 5.91 Å². The summed E-state index contributed by atoms with van der Waals surface area (Å²) in [6, 6.07) is 13.9. The van der Waals surface area contributed by atoms with Crippen molar-refractivity contribution in [1.82, 2.24) is 15.1 Å². The van der Waals surface area contributed by atoms with Crippen LogP contribution in [0.4, 0.5) is 4.79 Å². The van der Waals surface area contributed by atoms with Crippen LogP contribution >= 0.6 is 0 Å². The molecule has 0 saturated carbocycles. The van der Waals surface area contributed by atoms with E-state index in [1.165, 1.54) is 0 Å². The lowest BCUT2D eigenvalue weighted by atomic mass is 9.98. The molecule has 3 N–H and O–H groups in total. The van der Waals surface area contributed by atoms with Crippen LogP contribution in [0, 0.1) is 0 Å². The Bertz CT molecular complexity index is 1060. The minimum absolute atomic E-state index is 0.0353. The van der Waals surface area contributed by atoms with E-state index in [0.29, 0.717) is 6.54 Å². The normalized spacial score (nSPS) is 19.8. The first-order valence-corrected chi connectivity index (χ1v) is 11.7. The lowest BCUT2D eigenvalue weighted by molar-refractivity contribution is -0.149. The third kappa shape index (κ3) is 5.31. The highest BCUT2D eigenvalue weighted by Gasteiger charge is 2.41. The van der Waals surface area contributed by atoms with Gasteiger partial charge in [0, 0.05) is 18.9 Å². The second kappa shape index (κ2) is 10.5. The number of carboxylic acid groups (broad SMARTS) is 1. The Morgan fingerprint density at radius 1 is 1.09 bits per heavy atom. The number of carbonyl (C=O) groups is 3. The Morgan fingerprint density at radius 3 is 2.26 bits per heavy atom. The zero-order valence-corrected chi connectivity index (χ0v) is 19.9. The van der Waals surface area contributed by atoms with Crippen LogP contribution in [-0.4, -0.2) is 90.0 Å². The van der Waals surface area contributed by atoms with Crippen LogP contribution in [0.25, 0.3) is 11.1 Å². The minimum atomic E-state index is -1.18. The summed E-state index contributed by atoms with van der Waals surface area (Å²) in [5.74, 6) is -1.83. The highest BCUT2D eigenvalue weighted by molar-refractivity contribution is 5.90. The molecule has 35 heavy (non-hydrogen) atoms. The highest BCUT2D eigenvalue weighted by atomic mass is 16.5. The van der Waals surface area contributed by atoms with Gasteiger partial charge in [-0.1, -0.05) is 48.5 Å². The number of rotatable bonds is 8. The maximum atomic E-state index is 13.2. The molecule has 1 fully saturated rings. The van der Waals surface area contributed by atoms with Gasteiger partial charge < -0.3 is 30.1 Å². The standard InChI is InChI=1S/C26H31N3O6/c1-28(2)12-11-22(24(31)29-14-16(30)13-23(29)25(32)33)27-26(34)35-15-21-19-9-5-3-7-17(19)18-8-4-6-10-20(18)21/h3-10,16,21-23,30H,11-15H2,1-2H3,(H,27,34)(H,32,33)/t16?,22?,23-/m0/s1. The fourth-order valence-electron chi connectivity index (χ4n) is 4.92. The highest BCUT2D eigenvalue weighted by Crippen LogP contribution is 2.44. The number of hydrogen-bond acceptors (Lipinski definition) is 6. The van der Waals surface area contributed by atoms with Crippen molar-refractivity contribution in [3.05, 3.63) is 59.7 Å². The van der Waals surface area contributed by atoms with E-state index >= 15 is 0 Å². The van der Waals surface area contributed by atoms with Crippen LogP contribution < -0.4 is 5.32 Å². The van der Waals surface area contributed by atoms with Crippen LogP contribution in [0.2, 0.25) is 0 Å². The van der Waals surface area contributed by atoms with Crippen LogP contribution in [0.3, 0.4) is 0 Å². The number of amides is 2. The van der Waals surface area contributed by atoms with Gasteiger partial charge in [-0.3, -0.25) is 4.79 Å². The molecule has 1 aliphatic carbocycles. The summed E-state index contributed by atoms with van der Waals surface area (Å²) in [6.07, 6.45) is -1.42. The van der Waals surface area contributed by atoms with Gasteiger partial charge in [-0.25, -0.2) is 9.59 Å². The molecule has 9 heteroatoms. The van der Waals surface area contributed by atoms with E-state index in [-0.39, 0.29) is 31.9 Å². The number of alkyl carbamates (subject to hydrolysis) is 1. The fourth-order valence-corrected chi connectivity index (χ4v) is 4.92. The van der Waals surface area contributed by atoms with Gasteiger partial charge in [0.15, 0.2) is 0 Å².